The van der Waals surface area contributed by atoms with Crippen molar-refractivity contribution in [3.63, 3.8) is 0 Å². The largest absolute Gasteiger partial charge is 0.466 e. The van der Waals surface area contributed by atoms with Crippen LogP contribution in [0.2, 0.25) is 0 Å². The Morgan fingerprint density at radius 2 is 1.33 bits per heavy atom. The summed E-state index contributed by atoms with van der Waals surface area (Å²) in [6, 6.07) is 0. The van der Waals surface area contributed by atoms with Gasteiger partial charge in [0.2, 0.25) is 0 Å². The zero-order valence-electron chi connectivity index (χ0n) is 19.4. The van der Waals surface area contributed by atoms with Crippen molar-refractivity contribution in [3.8, 4) is 0 Å². The fourth-order valence-corrected chi connectivity index (χ4v) is 3.21. The molecule has 0 spiro atoms. The van der Waals surface area contributed by atoms with Crippen LogP contribution in [0.15, 0.2) is 24.3 Å². The Labute approximate surface area is 193 Å². The summed E-state index contributed by atoms with van der Waals surface area (Å²) in [7, 11) is 0. The molecule has 0 aliphatic rings. The van der Waals surface area contributed by atoms with Gasteiger partial charge in [-0.25, -0.2) is 0 Å². The molecular weight excluding hydrogens is 444 g/mol. The van der Waals surface area contributed by atoms with Crippen molar-refractivity contribution in [1.29, 1.82) is 0 Å². The molecule has 0 bridgehead atoms. The first-order chi connectivity index (χ1) is 14.7. The highest BCUT2D eigenvalue weighted by atomic mass is 79.9. The summed E-state index contributed by atoms with van der Waals surface area (Å²) < 4.78 is 17.2. The topological polar surface area (TPSA) is 44.8 Å². The SMILES string of the molecule is CC/C=C\CCCCOC(CCC(=O)OCCCCCBr)OCCCC/C=C\CC. The fourth-order valence-electron chi connectivity index (χ4n) is 2.81. The molecule has 0 saturated carbocycles. The lowest BCUT2D eigenvalue weighted by molar-refractivity contribution is -0.159. The second kappa shape index (κ2) is 24.6. The van der Waals surface area contributed by atoms with Gasteiger partial charge in [0.15, 0.2) is 6.29 Å². The molecule has 0 N–H and O–H groups in total. The van der Waals surface area contributed by atoms with Gasteiger partial charge >= 0.3 is 5.97 Å². The molecule has 0 rings (SSSR count). The predicted molar refractivity (Wildman–Crippen MR) is 130 cm³/mol. The van der Waals surface area contributed by atoms with Crippen LogP contribution in [0.5, 0.6) is 0 Å². The van der Waals surface area contributed by atoms with E-state index in [0.29, 0.717) is 32.7 Å². The van der Waals surface area contributed by atoms with Crippen molar-refractivity contribution in [2.24, 2.45) is 0 Å². The minimum absolute atomic E-state index is 0.152. The van der Waals surface area contributed by atoms with Crippen LogP contribution in [0.1, 0.15) is 97.3 Å². The molecule has 0 atom stereocenters. The van der Waals surface area contributed by atoms with E-state index in [-0.39, 0.29) is 12.3 Å². The maximum atomic E-state index is 12.0. The molecule has 30 heavy (non-hydrogen) atoms. The van der Waals surface area contributed by atoms with Crippen molar-refractivity contribution >= 4 is 21.9 Å². The highest BCUT2D eigenvalue weighted by molar-refractivity contribution is 9.09. The molecule has 0 amide bonds. The van der Waals surface area contributed by atoms with Gasteiger partial charge in [-0.2, -0.15) is 0 Å². The predicted octanol–water partition coefficient (Wildman–Crippen LogP) is 7.51. The van der Waals surface area contributed by atoms with E-state index in [0.717, 1.165) is 76.0 Å². The molecule has 4 nitrogen and oxygen atoms in total. The number of allylic oxidation sites excluding steroid dienone is 4. The molecule has 0 heterocycles. The Morgan fingerprint density at radius 1 is 0.767 bits per heavy atom. The van der Waals surface area contributed by atoms with Crippen LogP contribution >= 0.6 is 15.9 Å². The van der Waals surface area contributed by atoms with E-state index in [9.17, 15) is 4.79 Å². The third-order valence-corrected chi connectivity index (χ3v) is 5.13. The van der Waals surface area contributed by atoms with Gasteiger partial charge in [0.05, 0.1) is 13.0 Å². The zero-order valence-corrected chi connectivity index (χ0v) is 21.0. The number of halogens is 1. The van der Waals surface area contributed by atoms with Gasteiger partial charge in [-0.3, -0.25) is 4.79 Å². The lowest BCUT2D eigenvalue weighted by atomic mass is 10.2. The van der Waals surface area contributed by atoms with Gasteiger partial charge in [0.25, 0.3) is 0 Å². The smallest absolute Gasteiger partial charge is 0.305 e. The van der Waals surface area contributed by atoms with E-state index >= 15 is 0 Å². The number of hydrogen-bond donors (Lipinski definition) is 0. The number of esters is 1. The molecule has 0 aromatic rings. The van der Waals surface area contributed by atoms with Crippen molar-refractivity contribution in [2.75, 3.05) is 25.2 Å². The molecular formula is C25H45BrO4. The Morgan fingerprint density at radius 3 is 1.87 bits per heavy atom. The second-order valence-electron chi connectivity index (χ2n) is 7.43. The summed E-state index contributed by atoms with van der Waals surface area (Å²) in [4.78, 5) is 12.0. The Hall–Kier alpha value is -0.650. The van der Waals surface area contributed by atoms with Gasteiger partial charge in [0, 0.05) is 25.0 Å². The normalized spacial score (nSPS) is 11.9. The molecule has 0 aliphatic heterocycles. The number of unbranched alkanes of at least 4 members (excludes halogenated alkanes) is 6. The second-order valence-corrected chi connectivity index (χ2v) is 8.22. The average molecular weight is 490 g/mol. The van der Waals surface area contributed by atoms with Crippen LogP contribution in [0.25, 0.3) is 0 Å². The molecule has 0 aromatic heterocycles. The fraction of sp³-hybridized carbons (Fsp3) is 0.800. The Balaban J connectivity index is 4.07. The summed E-state index contributed by atoms with van der Waals surface area (Å²) >= 11 is 3.41. The number of carbonyl (C=O) groups is 1. The van der Waals surface area contributed by atoms with Gasteiger partial charge in [-0.15, -0.1) is 0 Å². The van der Waals surface area contributed by atoms with Crippen LogP contribution in [-0.2, 0) is 19.0 Å². The number of alkyl halides is 1. The lowest BCUT2D eigenvalue weighted by Gasteiger charge is -2.18. The zero-order chi connectivity index (χ0) is 22.1. The van der Waals surface area contributed by atoms with Crippen LogP contribution < -0.4 is 0 Å². The summed E-state index contributed by atoms with van der Waals surface area (Å²) in [5.74, 6) is -0.152. The average Bonchev–Trinajstić information content (AvgIpc) is 2.75. The van der Waals surface area contributed by atoms with Gasteiger partial charge in [-0.1, -0.05) is 54.1 Å². The van der Waals surface area contributed by atoms with Crippen molar-refractivity contribution in [3.05, 3.63) is 24.3 Å². The Bertz CT molecular complexity index is 399. The van der Waals surface area contributed by atoms with Crippen molar-refractivity contribution in [2.45, 2.75) is 104 Å². The molecule has 0 radical (unpaired) electrons. The summed E-state index contributed by atoms with van der Waals surface area (Å²) in [5, 5.41) is 1.00. The van der Waals surface area contributed by atoms with Crippen LogP contribution in [0.3, 0.4) is 0 Å². The number of ether oxygens (including phenoxy) is 3. The molecule has 0 fully saturated rings. The number of hydrogen-bond acceptors (Lipinski definition) is 4. The summed E-state index contributed by atoms with van der Waals surface area (Å²) in [6.45, 7) is 6.15. The van der Waals surface area contributed by atoms with Gasteiger partial charge in [0.1, 0.15) is 0 Å². The third-order valence-electron chi connectivity index (χ3n) is 4.57. The van der Waals surface area contributed by atoms with Crippen LogP contribution in [-0.4, -0.2) is 37.4 Å². The third kappa shape index (κ3) is 22.0. The highest BCUT2D eigenvalue weighted by Crippen LogP contribution is 2.10. The Kier molecular flexibility index (Phi) is 24.1. The van der Waals surface area contributed by atoms with Crippen molar-refractivity contribution in [1.82, 2.24) is 0 Å². The van der Waals surface area contributed by atoms with E-state index in [4.69, 9.17) is 14.2 Å². The molecule has 0 aromatic carbocycles. The lowest BCUT2D eigenvalue weighted by Crippen LogP contribution is -2.21. The van der Waals surface area contributed by atoms with E-state index < -0.39 is 0 Å². The quantitative estimate of drug-likeness (QED) is 0.0519. The highest BCUT2D eigenvalue weighted by Gasteiger charge is 2.13. The number of carbonyl (C=O) groups excluding carboxylic acids is 1. The van der Waals surface area contributed by atoms with Crippen LogP contribution in [0, 0.1) is 0 Å². The maximum Gasteiger partial charge on any atom is 0.305 e. The summed E-state index contributed by atoms with van der Waals surface area (Å²) in [5.41, 5.74) is 0. The van der Waals surface area contributed by atoms with Crippen molar-refractivity contribution < 1.29 is 19.0 Å². The standard InChI is InChI=1S/C25H45BrO4/c1-3-5-7-9-11-15-22-29-25(30-23-16-12-10-8-6-4-2)19-18-24(27)28-21-17-13-14-20-26/h5-8,25H,3-4,9-23H2,1-2H3/b7-5-,8-6-. The van der Waals surface area contributed by atoms with Crippen LogP contribution in [0.4, 0.5) is 0 Å². The monoisotopic (exact) mass is 488 g/mol. The molecule has 176 valence electrons. The molecule has 5 heteroatoms. The minimum Gasteiger partial charge on any atom is -0.466 e. The summed E-state index contributed by atoms with van der Waals surface area (Å²) in [6.07, 6.45) is 21.2. The van der Waals surface area contributed by atoms with E-state index in [1.807, 2.05) is 0 Å². The first-order valence-corrected chi connectivity index (χ1v) is 13.1. The first kappa shape index (κ1) is 29.4. The number of rotatable bonds is 22. The van der Waals surface area contributed by atoms with Gasteiger partial charge < -0.3 is 14.2 Å². The first-order valence-electron chi connectivity index (χ1n) is 12.0. The van der Waals surface area contributed by atoms with E-state index in [1.165, 1.54) is 0 Å². The van der Waals surface area contributed by atoms with Gasteiger partial charge in [-0.05, 0) is 70.6 Å². The maximum absolute atomic E-state index is 12.0. The molecule has 0 saturated heterocycles. The molecule has 0 unspecified atom stereocenters. The molecule has 0 aliphatic carbocycles. The van der Waals surface area contributed by atoms with E-state index in [2.05, 4.69) is 54.1 Å². The van der Waals surface area contributed by atoms with E-state index in [1.54, 1.807) is 0 Å². The minimum atomic E-state index is -0.316.